The zero-order chi connectivity index (χ0) is 20.1. The van der Waals surface area contributed by atoms with E-state index in [4.69, 9.17) is 0 Å². The molecule has 2 aliphatic carbocycles. The van der Waals surface area contributed by atoms with Crippen LogP contribution < -0.4 is 5.32 Å². The summed E-state index contributed by atoms with van der Waals surface area (Å²) in [4.78, 5) is 43.2. The Bertz CT molecular complexity index is 979. The molecule has 2 aromatic rings. The van der Waals surface area contributed by atoms with E-state index in [1.807, 2.05) is 0 Å². The molecule has 2 saturated carbocycles. The zero-order valence-electron chi connectivity index (χ0n) is 15.6. The van der Waals surface area contributed by atoms with Crippen LogP contribution in [0, 0.1) is 29.5 Å². The molecule has 8 heteroatoms. The Balaban J connectivity index is 1.20. The van der Waals surface area contributed by atoms with Gasteiger partial charge in [0, 0.05) is 23.9 Å². The fourth-order valence-corrected chi connectivity index (χ4v) is 5.94. The van der Waals surface area contributed by atoms with Gasteiger partial charge in [0.1, 0.15) is 5.82 Å². The molecule has 4 atom stereocenters. The number of aromatic nitrogens is 1. The van der Waals surface area contributed by atoms with E-state index < -0.39 is 0 Å². The standard InChI is InChI=1S/C21H20FN3O3S/c22-14-4-2-1-3-13(14)15-10-29-21(23-15)24-16(26)7-8-25-19(27)17-11-5-6-12(9-11)18(17)20(25)28/h1-4,10-12,17-18H,5-9H2,(H,23,24,26)/t11-,12-,17+,18+/m0/s1. The SMILES string of the molecule is O=C(CCN1C(=O)[C@@H]2[C@H]3CC[C@@H](C3)[C@H]2C1=O)Nc1nc(-c2ccccc2F)cs1. The number of likely N-dealkylation sites (tertiary alicyclic amines) is 1. The van der Waals surface area contributed by atoms with Crippen LogP contribution >= 0.6 is 11.3 Å². The van der Waals surface area contributed by atoms with E-state index in [2.05, 4.69) is 10.3 Å². The van der Waals surface area contributed by atoms with Gasteiger partial charge >= 0.3 is 0 Å². The molecule has 150 valence electrons. The van der Waals surface area contributed by atoms with E-state index in [9.17, 15) is 18.8 Å². The lowest BCUT2D eigenvalue weighted by molar-refractivity contribution is -0.140. The van der Waals surface area contributed by atoms with E-state index >= 15 is 0 Å². The minimum atomic E-state index is -0.374. The number of amides is 3. The molecular formula is C21H20FN3O3S. The number of nitrogens with one attached hydrogen (secondary N) is 1. The van der Waals surface area contributed by atoms with Crippen LogP contribution in [0.2, 0.25) is 0 Å². The second-order valence-corrected chi connectivity index (χ2v) is 8.89. The van der Waals surface area contributed by atoms with Crippen LogP contribution in [-0.4, -0.2) is 34.2 Å². The molecule has 1 aromatic carbocycles. The molecule has 1 aliphatic heterocycles. The Morgan fingerprint density at radius 2 is 1.86 bits per heavy atom. The van der Waals surface area contributed by atoms with Crippen molar-refractivity contribution in [2.75, 3.05) is 11.9 Å². The second kappa shape index (κ2) is 7.02. The van der Waals surface area contributed by atoms with Crippen molar-refractivity contribution in [3.63, 3.8) is 0 Å². The molecule has 1 saturated heterocycles. The number of thiazole rings is 1. The van der Waals surface area contributed by atoms with Gasteiger partial charge in [-0.05, 0) is 43.2 Å². The number of benzene rings is 1. The summed E-state index contributed by atoms with van der Waals surface area (Å²) in [5.74, 6) is -0.536. The molecule has 3 amide bonds. The minimum absolute atomic E-state index is 0.0286. The monoisotopic (exact) mass is 413 g/mol. The van der Waals surface area contributed by atoms with E-state index in [-0.39, 0.29) is 48.3 Å². The second-order valence-electron chi connectivity index (χ2n) is 8.03. The number of carbonyl (C=O) groups is 3. The smallest absolute Gasteiger partial charge is 0.233 e. The van der Waals surface area contributed by atoms with Gasteiger partial charge in [0.05, 0.1) is 17.5 Å². The Kier molecular flexibility index (Phi) is 4.46. The third kappa shape index (κ3) is 3.06. The first-order valence-electron chi connectivity index (χ1n) is 9.88. The first-order valence-corrected chi connectivity index (χ1v) is 10.8. The van der Waals surface area contributed by atoms with E-state index in [1.54, 1.807) is 23.6 Å². The van der Waals surface area contributed by atoms with Gasteiger partial charge in [-0.3, -0.25) is 19.3 Å². The number of fused-ring (bicyclic) bond motifs is 5. The number of carbonyl (C=O) groups excluding carboxylic acids is 3. The first kappa shape index (κ1) is 18.4. The number of anilines is 1. The zero-order valence-corrected chi connectivity index (χ0v) is 16.5. The predicted octanol–water partition coefficient (Wildman–Crippen LogP) is 3.31. The topological polar surface area (TPSA) is 79.4 Å². The third-order valence-corrected chi connectivity index (χ3v) is 7.24. The van der Waals surface area contributed by atoms with Crippen LogP contribution in [0.25, 0.3) is 11.3 Å². The largest absolute Gasteiger partial charge is 0.302 e. The average Bonchev–Trinajstić information content (AvgIpc) is 3.46. The molecule has 1 aromatic heterocycles. The van der Waals surface area contributed by atoms with E-state index in [0.29, 0.717) is 28.2 Å². The number of hydrogen-bond donors (Lipinski definition) is 1. The Morgan fingerprint density at radius 1 is 1.17 bits per heavy atom. The van der Waals surface area contributed by atoms with E-state index in [0.717, 1.165) is 19.3 Å². The number of hydrogen-bond acceptors (Lipinski definition) is 5. The van der Waals surface area contributed by atoms with Gasteiger partial charge in [-0.15, -0.1) is 11.3 Å². The predicted molar refractivity (Wildman–Crippen MR) is 105 cm³/mol. The Labute approximate surface area is 171 Å². The normalized spacial score (nSPS) is 27.6. The maximum absolute atomic E-state index is 13.9. The molecule has 0 radical (unpaired) electrons. The molecule has 3 aliphatic rings. The summed E-state index contributed by atoms with van der Waals surface area (Å²) < 4.78 is 13.9. The lowest BCUT2D eigenvalue weighted by atomic mass is 9.81. The molecule has 0 spiro atoms. The van der Waals surface area contributed by atoms with Crippen molar-refractivity contribution in [2.45, 2.75) is 25.7 Å². The van der Waals surface area contributed by atoms with Crippen molar-refractivity contribution < 1.29 is 18.8 Å². The molecule has 3 fully saturated rings. The van der Waals surface area contributed by atoms with Gasteiger partial charge in [0.25, 0.3) is 0 Å². The summed E-state index contributed by atoms with van der Waals surface area (Å²) in [6.45, 7) is 0.0987. The summed E-state index contributed by atoms with van der Waals surface area (Å²) in [7, 11) is 0. The summed E-state index contributed by atoms with van der Waals surface area (Å²) >= 11 is 1.21. The molecule has 2 heterocycles. The average molecular weight is 413 g/mol. The quantitative estimate of drug-likeness (QED) is 0.763. The van der Waals surface area contributed by atoms with Crippen molar-refractivity contribution in [3.05, 3.63) is 35.5 Å². The minimum Gasteiger partial charge on any atom is -0.302 e. The Hall–Kier alpha value is -2.61. The summed E-state index contributed by atoms with van der Waals surface area (Å²) in [5.41, 5.74) is 0.829. The molecule has 0 unspecified atom stereocenters. The Morgan fingerprint density at radius 3 is 2.55 bits per heavy atom. The fourth-order valence-electron chi connectivity index (χ4n) is 5.21. The summed E-state index contributed by atoms with van der Waals surface area (Å²) in [5, 5.41) is 4.72. The van der Waals surface area contributed by atoms with Crippen LogP contribution in [0.4, 0.5) is 9.52 Å². The van der Waals surface area contributed by atoms with Gasteiger partial charge < -0.3 is 5.32 Å². The van der Waals surface area contributed by atoms with Crippen LogP contribution in [0.15, 0.2) is 29.6 Å². The summed E-state index contributed by atoms with van der Waals surface area (Å²) in [6.07, 6.45) is 3.09. The molecule has 6 nitrogen and oxygen atoms in total. The number of nitrogens with zero attached hydrogens (tertiary/aromatic N) is 2. The molecule has 2 bridgehead atoms. The van der Waals surface area contributed by atoms with Crippen molar-refractivity contribution in [1.29, 1.82) is 0 Å². The lowest BCUT2D eigenvalue weighted by Crippen LogP contribution is -2.35. The lowest BCUT2D eigenvalue weighted by Gasteiger charge is -2.19. The van der Waals surface area contributed by atoms with E-state index in [1.165, 1.54) is 22.3 Å². The van der Waals surface area contributed by atoms with Crippen molar-refractivity contribution in [1.82, 2.24) is 9.88 Å². The number of imide groups is 1. The summed E-state index contributed by atoms with van der Waals surface area (Å²) in [6, 6.07) is 6.32. The third-order valence-electron chi connectivity index (χ3n) is 6.48. The van der Waals surface area contributed by atoms with Gasteiger partial charge in [0.15, 0.2) is 5.13 Å². The van der Waals surface area contributed by atoms with Gasteiger partial charge in [-0.2, -0.15) is 0 Å². The van der Waals surface area contributed by atoms with Crippen molar-refractivity contribution in [2.24, 2.45) is 23.7 Å². The molecular weight excluding hydrogens is 393 g/mol. The number of rotatable bonds is 5. The maximum Gasteiger partial charge on any atom is 0.233 e. The van der Waals surface area contributed by atoms with Crippen LogP contribution in [-0.2, 0) is 14.4 Å². The van der Waals surface area contributed by atoms with Crippen LogP contribution in [0.1, 0.15) is 25.7 Å². The molecule has 29 heavy (non-hydrogen) atoms. The van der Waals surface area contributed by atoms with Crippen molar-refractivity contribution in [3.8, 4) is 11.3 Å². The highest BCUT2D eigenvalue weighted by Crippen LogP contribution is 2.56. The van der Waals surface area contributed by atoms with Crippen LogP contribution in [0.5, 0.6) is 0 Å². The van der Waals surface area contributed by atoms with Gasteiger partial charge in [-0.1, -0.05) is 12.1 Å². The van der Waals surface area contributed by atoms with Crippen molar-refractivity contribution >= 4 is 34.2 Å². The number of halogens is 1. The highest BCUT2D eigenvalue weighted by molar-refractivity contribution is 7.14. The highest BCUT2D eigenvalue weighted by Gasteiger charge is 2.60. The van der Waals surface area contributed by atoms with Gasteiger partial charge in [0.2, 0.25) is 17.7 Å². The van der Waals surface area contributed by atoms with Crippen LogP contribution in [0.3, 0.4) is 0 Å². The molecule has 1 N–H and O–H groups in total. The fraction of sp³-hybridized carbons (Fsp3) is 0.429. The first-order chi connectivity index (χ1) is 14.0. The maximum atomic E-state index is 13.9. The molecule has 5 rings (SSSR count). The van der Waals surface area contributed by atoms with Gasteiger partial charge in [-0.25, -0.2) is 9.37 Å². The highest BCUT2D eigenvalue weighted by atomic mass is 32.1.